The van der Waals surface area contributed by atoms with Crippen LogP contribution in [-0.4, -0.2) is 44.1 Å². The number of hydrogen-bond donors (Lipinski definition) is 2. The zero-order chi connectivity index (χ0) is 18.1. The van der Waals surface area contributed by atoms with Crippen LogP contribution in [0.5, 0.6) is 0 Å². The number of nitrogens with one attached hydrogen (secondary N) is 2. The van der Waals surface area contributed by atoms with Gasteiger partial charge >= 0.3 is 0 Å². The van der Waals surface area contributed by atoms with Crippen LogP contribution in [0, 0.1) is 11.8 Å². The third-order valence-electron chi connectivity index (χ3n) is 4.95. The summed E-state index contributed by atoms with van der Waals surface area (Å²) in [4.78, 5) is 7.01. The van der Waals surface area contributed by atoms with E-state index in [0.717, 1.165) is 31.4 Å². The average Bonchev–Trinajstić information content (AvgIpc) is 2.62. The molecule has 0 amide bonds. The molecule has 1 aliphatic heterocycles. The highest BCUT2D eigenvalue weighted by Gasteiger charge is 2.20. The fraction of sp³-hybridized carbons (Fsp3) is 0.667. The Morgan fingerprint density at radius 2 is 1.96 bits per heavy atom. The minimum absolute atomic E-state index is 0. The molecule has 1 heterocycles. The molecule has 1 aromatic rings. The van der Waals surface area contributed by atoms with Crippen LogP contribution >= 0.6 is 24.0 Å². The minimum Gasteiger partial charge on any atom is -0.356 e. The molecule has 1 fully saturated rings. The highest BCUT2D eigenvalue weighted by atomic mass is 127. The summed E-state index contributed by atoms with van der Waals surface area (Å²) in [6, 6.07) is 8.63. The largest absolute Gasteiger partial charge is 0.356 e. The van der Waals surface area contributed by atoms with E-state index in [9.17, 15) is 0 Å². The highest BCUT2D eigenvalue weighted by molar-refractivity contribution is 14.0. The van der Waals surface area contributed by atoms with Crippen LogP contribution in [0.1, 0.15) is 44.7 Å². The zero-order valence-corrected chi connectivity index (χ0v) is 19.3. The monoisotopic (exact) mass is 472 g/mol. The quantitative estimate of drug-likeness (QED) is 0.359. The molecule has 0 saturated carbocycles. The van der Waals surface area contributed by atoms with E-state index >= 15 is 0 Å². The maximum atomic E-state index is 4.39. The molecule has 2 rings (SSSR count). The Hall–Kier alpha value is -0.820. The molecule has 1 atom stereocenters. The van der Waals surface area contributed by atoms with Gasteiger partial charge in [-0.15, -0.1) is 24.0 Å². The SMILES string of the molecule is CCc1ccccc1CNC(=NC)NCC1CCCN(CC(C)C)C1.I. The van der Waals surface area contributed by atoms with Crippen LogP contribution in [-0.2, 0) is 13.0 Å². The summed E-state index contributed by atoms with van der Waals surface area (Å²) < 4.78 is 0. The molecule has 1 aliphatic rings. The van der Waals surface area contributed by atoms with Gasteiger partial charge in [0.1, 0.15) is 0 Å². The number of guanidine groups is 1. The molecule has 1 saturated heterocycles. The molecule has 0 spiro atoms. The van der Waals surface area contributed by atoms with Gasteiger partial charge in [-0.25, -0.2) is 0 Å². The Labute approximate surface area is 177 Å². The number of hydrogen-bond acceptors (Lipinski definition) is 2. The van der Waals surface area contributed by atoms with Crippen molar-refractivity contribution in [3.8, 4) is 0 Å². The molecule has 26 heavy (non-hydrogen) atoms. The van der Waals surface area contributed by atoms with Gasteiger partial charge in [0.15, 0.2) is 5.96 Å². The number of rotatable bonds is 7. The number of likely N-dealkylation sites (tertiary alicyclic amines) is 1. The molecule has 1 aromatic carbocycles. The summed E-state index contributed by atoms with van der Waals surface area (Å²) in [5.74, 6) is 2.38. The lowest BCUT2D eigenvalue weighted by atomic mass is 9.97. The Morgan fingerprint density at radius 3 is 2.62 bits per heavy atom. The number of halogens is 1. The first-order valence-corrected chi connectivity index (χ1v) is 9.86. The molecule has 0 aliphatic carbocycles. The summed E-state index contributed by atoms with van der Waals surface area (Å²) in [6.45, 7) is 12.3. The normalized spacial score (nSPS) is 18.5. The van der Waals surface area contributed by atoms with E-state index in [4.69, 9.17) is 0 Å². The number of aryl methyl sites for hydroxylation is 1. The van der Waals surface area contributed by atoms with E-state index in [0.29, 0.717) is 5.92 Å². The fourth-order valence-electron chi connectivity index (χ4n) is 3.72. The maximum absolute atomic E-state index is 4.39. The molecule has 4 nitrogen and oxygen atoms in total. The van der Waals surface area contributed by atoms with E-state index in [1.54, 1.807) is 0 Å². The van der Waals surface area contributed by atoms with Crippen LogP contribution in [0.2, 0.25) is 0 Å². The van der Waals surface area contributed by atoms with Gasteiger partial charge in [-0.2, -0.15) is 0 Å². The van der Waals surface area contributed by atoms with Crippen molar-refractivity contribution < 1.29 is 0 Å². The van der Waals surface area contributed by atoms with Crippen LogP contribution in [0.4, 0.5) is 0 Å². The average molecular weight is 472 g/mol. The van der Waals surface area contributed by atoms with Crippen molar-refractivity contribution >= 4 is 29.9 Å². The predicted octanol–water partition coefficient (Wildman–Crippen LogP) is 3.90. The van der Waals surface area contributed by atoms with Crippen molar-refractivity contribution in [3.05, 3.63) is 35.4 Å². The third-order valence-corrected chi connectivity index (χ3v) is 4.95. The van der Waals surface area contributed by atoms with Crippen LogP contribution in [0.3, 0.4) is 0 Å². The van der Waals surface area contributed by atoms with Gasteiger partial charge < -0.3 is 15.5 Å². The van der Waals surface area contributed by atoms with Crippen molar-refractivity contribution in [1.82, 2.24) is 15.5 Å². The number of nitrogens with zero attached hydrogens (tertiary/aromatic N) is 2. The Kier molecular flexibility index (Phi) is 11.2. The van der Waals surface area contributed by atoms with Gasteiger partial charge in [0.25, 0.3) is 0 Å². The first-order valence-electron chi connectivity index (χ1n) is 9.86. The van der Waals surface area contributed by atoms with Gasteiger partial charge in [0, 0.05) is 33.2 Å². The lowest BCUT2D eigenvalue weighted by Crippen LogP contribution is -2.45. The first-order chi connectivity index (χ1) is 12.1. The molecule has 0 aromatic heterocycles. The van der Waals surface area contributed by atoms with Crippen molar-refractivity contribution in [2.45, 2.75) is 46.6 Å². The lowest BCUT2D eigenvalue weighted by Gasteiger charge is -2.34. The number of benzene rings is 1. The summed E-state index contributed by atoms with van der Waals surface area (Å²) in [5.41, 5.74) is 2.76. The molecule has 148 valence electrons. The van der Waals surface area contributed by atoms with Crippen LogP contribution in [0.25, 0.3) is 0 Å². The number of aliphatic imine (C=N–C) groups is 1. The molecule has 5 heteroatoms. The third kappa shape index (κ3) is 7.82. The predicted molar refractivity (Wildman–Crippen MR) is 123 cm³/mol. The summed E-state index contributed by atoms with van der Waals surface area (Å²) >= 11 is 0. The van der Waals surface area contributed by atoms with Crippen molar-refractivity contribution in [3.63, 3.8) is 0 Å². The smallest absolute Gasteiger partial charge is 0.191 e. The van der Waals surface area contributed by atoms with E-state index in [1.807, 2.05) is 7.05 Å². The summed E-state index contributed by atoms with van der Waals surface area (Å²) in [7, 11) is 1.85. The van der Waals surface area contributed by atoms with Gasteiger partial charge in [0.2, 0.25) is 0 Å². The van der Waals surface area contributed by atoms with Crippen molar-refractivity contribution in [1.29, 1.82) is 0 Å². The van der Waals surface area contributed by atoms with Crippen molar-refractivity contribution in [2.75, 3.05) is 33.2 Å². The van der Waals surface area contributed by atoms with Crippen molar-refractivity contribution in [2.24, 2.45) is 16.8 Å². The summed E-state index contributed by atoms with van der Waals surface area (Å²) in [5, 5.41) is 7.00. The Bertz CT molecular complexity index is 545. The van der Waals surface area contributed by atoms with Crippen LogP contribution < -0.4 is 10.6 Å². The molecule has 0 radical (unpaired) electrons. The molecule has 0 bridgehead atoms. The van der Waals surface area contributed by atoms with E-state index in [2.05, 4.69) is 65.6 Å². The highest BCUT2D eigenvalue weighted by Crippen LogP contribution is 2.16. The molecule has 2 N–H and O–H groups in total. The molecular formula is C21H37IN4. The standard InChI is InChI=1S/C21H36N4.HI/c1-5-19-10-6-7-11-20(19)14-24-21(22-4)23-13-18-9-8-12-25(16-18)15-17(2)3;/h6-7,10-11,17-18H,5,8-9,12-16H2,1-4H3,(H2,22,23,24);1H. The maximum Gasteiger partial charge on any atom is 0.191 e. The second kappa shape index (κ2) is 12.5. The summed E-state index contributed by atoms with van der Waals surface area (Å²) in [6.07, 6.45) is 3.70. The van der Waals surface area contributed by atoms with E-state index in [1.165, 1.54) is 43.6 Å². The minimum atomic E-state index is 0. The second-order valence-electron chi connectivity index (χ2n) is 7.59. The van der Waals surface area contributed by atoms with E-state index < -0.39 is 0 Å². The fourth-order valence-corrected chi connectivity index (χ4v) is 3.72. The van der Waals surface area contributed by atoms with Gasteiger partial charge in [-0.1, -0.05) is 45.0 Å². The van der Waals surface area contributed by atoms with Crippen LogP contribution in [0.15, 0.2) is 29.3 Å². The first kappa shape index (κ1) is 23.2. The van der Waals surface area contributed by atoms with Gasteiger partial charge in [-0.05, 0) is 48.8 Å². The Morgan fingerprint density at radius 1 is 1.23 bits per heavy atom. The number of piperidine rings is 1. The lowest BCUT2D eigenvalue weighted by molar-refractivity contribution is 0.159. The van der Waals surface area contributed by atoms with E-state index in [-0.39, 0.29) is 24.0 Å². The zero-order valence-electron chi connectivity index (χ0n) is 16.9. The molecular weight excluding hydrogens is 435 g/mol. The Balaban J connectivity index is 0.00000338. The van der Waals surface area contributed by atoms with Gasteiger partial charge in [0.05, 0.1) is 0 Å². The molecule has 1 unspecified atom stereocenters. The topological polar surface area (TPSA) is 39.7 Å². The second-order valence-corrected chi connectivity index (χ2v) is 7.59. The van der Waals surface area contributed by atoms with Gasteiger partial charge in [-0.3, -0.25) is 4.99 Å².